The molecule has 0 aliphatic carbocycles. The van der Waals surface area contributed by atoms with Crippen LogP contribution in [0, 0.1) is 12.8 Å². The molecule has 0 amide bonds. The van der Waals surface area contributed by atoms with Crippen molar-refractivity contribution in [2.24, 2.45) is 5.92 Å². The van der Waals surface area contributed by atoms with Crippen LogP contribution in [0.3, 0.4) is 0 Å². The molecule has 0 aromatic carbocycles. The number of aromatic nitrogens is 2. The van der Waals surface area contributed by atoms with Gasteiger partial charge in [0.25, 0.3) is 0 Å². The number of imidazole rings is 1. The van der Waals surface area contributed by atoms with Crippen molar-refractivity contribution in [3.63, 3.8) is 0 Å². The fourth-order valence-electron chi connectivity index (χ4n) is 2.97. The number of hydrogen-bond donors (Lipinski definition) is 0. The minimum absolute atomic E-state index is 0.773. The Kier molecular flexibility index (Phi) is 3.08. The van der Waals surface area contributed by atoms with Gasteiger partial charge in [-0.05, 0) is 63.4 Å². The van der Waals surface area contributed by atoms with Crippen molar-refractivity contribution in [1.29, 1.82) is 0 Å². The molecule has 0 radical (unpaired) electrons. The van der Waals surface area contributed by atoms with Crippen LogP contribution in [0.2, 0.25) is 0 Å². The average Bonchev–Trinajstić information content (AvgIpc) is 2.70. The molecule has 2 aromatic rings. The van der Waals surface area contributed by atoms with Gasteiger partial charge in [0.05, 0.1) is 5.69 Å². The van der Waals surface area contributed by atoms with E-state index in [1.54, 1.807) is 0 Å². The van der Waals surface area contributed by atoms with Gasteiger partial charge in [0.1, 0.15) is 5.65 Å². The number of hydrogen-bond acceptors (Lipinski definition) is 2. The zero-order chi connectivity index (χ0) is 12.5. The lowest BCUT2D eigenvalue weighted by Crippen LogP contribution is -2.33. The maximum atomic E-state index is 4.74. The summed E-state index contributed by atoms with van der Waals surface area (Å²) in [5, 5.41) is 0. The normalized spacial score (nSPS) is 21.6. The minimum atomic E-state index is 0.773. The SMILES string of the molecule is Cc1ccn2cc(CC3CCCN(C)C3)nc2c1. The number of rotatable bonds is 2. The highest BCUT2D eigenvalue weighted by Crippen LogP contribution is 2.20. The second kappa shape index (κ2) is 4.73. The minimum Gasteiger partial charge on any atom is -0.307 e. The quantitative estimate of drug-likeness (QED) is 0.808. The fourth-order valence-corrected chi connectivity index (χ4v) is 2.97. The summed E-state index contributed by atoms with van der Waals surface area (Å²) >= 11 is 0. The molecule has 3 nitrogen and oxygen atoms in total. The lowest BCUT2D eigenvalue weighted by molar-refractivity contribution is 0.208. The highest BCUT2D eigenvalue weighted by atomic mass is 15.1. The Labute approximate surface area is 108 Å². The molecule has 0 saturated carbocycles. The Balaban J connectivity index is 1.78. The van der Waals surface area contributed by atoms with Gasteiger partial charge < -0.3 is 9.30 Å². The molecule has 18 heavy (non-hydrogen) atoms. The van der Waals surface area contributed by atoms with Gasteiger partial charge >= 0.3 is 0 Å². The van der Waals surface area contributed by atoms with E-state index in [9.17, 15) is 0 Å². The second-order valence-corrected chi connectivity index (χ2v) is 5.68. The van der Waals surface area contributed by atoms with Crippen LogP contribution in [0.1, 0.15) is 24.1 Å². The maximum absolute atomic E-state index is 4.74. The molecule has 1 aliphatic rings. The van der Waals surface area contributed by atoms with Crippen LogP contribution < -0.4 is 0 Å². The monoisotopic (exact) mass is 243 g/mol. The van der Waals surface area contributed by atoms with Crippen molar-refractivity contribution < 1.29 is 0 Å². The van der Waals surface area contributed by atoms with E-state index in [2.05, 4.69) is 47.8 Å². The van der Waals surface area contributed by atoms with E-state index in [4.69, 9.17) is 4.98 Å². The summed E-state index contributed by atoms with van der Waals surface area (Å²) in [6.07, 6.45) is 8.08. The third kappa shape index (κ3) is 2.41. The first kappa shape index (κ1) is 11.7. The Morgan fingerprint density at radius 3 is 3.17 bits per heavy atom. The first-order chi connectivity index (χ1) is 8.70. The Bertz CT molecular complexity index is 544. The predicted molar refractivity (Wildman–Crippen MR) is 73.9 cm³/mol. The van der Waals surface area contributed by atoms with E-state index < -0.39 is 0 Å². The lowest BCUT2D eigenvalue weighted by atomic mass is 9.94. The number of likely N-dealkylation sites (tertiary alicyclic amines) is 1. The molecule has 1 unspecified atom stereocenters. The lowest BCUT2D eigenvalue weighted by Gasteiger charge is -2.29. The third-order valence-corrected chi connectivity index (χ3v) is 3.89. The summed E-state index contributed by atoms with van der Waals surface area (Å²) in [7, 11) is 2.22. The number of aryl methyl sites for hydroxylation is 1. The molecule has 1 saturated heterocycles. The smallest absolute Gasteiger partial charge is 0.137 e. The molecule has 0 spiro atoms. The summed E-state index contributed by atoms with van der Waals surface area (Å²) in [5.74, 6) is 0.773. The number of nitrogens with zero attached hydrogens (tertiary/aromatic N) is 3. The molecule has 0 N–H and O–H groups in total. The molecule has 2 aromatic heterocycles. The van der Waals surface area contributed by atoms with Crippen molar-refractivity contribution in [2.45, 2.75) is 26.2 Å². The van der Waals surface area contributed by atoms with Crippen LogP contribution in [0.4, 0.5) is 0 Å². The van der Waals surface area contributed by atoms with Crippen LogP contribution in [0.5, 0.6) is 0 Å². The molecule has 3 heterocycles. The van der Waals surface area contributed by atoms with Gasteiger partial charge in [-0.3, -0.25) is 0 Å². The van der Waals surface area contributed by atoms with Crippen molar-refractivity contribution >= 4 is 5.65 Å². The van der Waals surface area contributed by atoms with E-state index in [0.29, 0.717) is 0 Å². The first-order valence-electron chi connectivity index (χ1n) is 6.83. The number of piperidine rings is 1. The topological polar surface area (TPSA) is 20.5 Å². The number of pyridine rings is 1. The van der Waals surface area contributed by atoms with Gasteiger partial charge in [-0.1, -0.05) is 0 Å². The molecule has 1 atom stereocenters. The molecule has 1 aliphatic heterocycles. The third-order valence-electron chi connectivity index (χ3n) is 3.89. The van der Waals surface area contributed by atoms with Gasteiger partial charge in [0, 0.05) is 18.9 Å². The summed E-state index contributed by atoms with van der Waals surface area (Å²) < 4.78 is 2.13. The van der Waals surface area contributed by atoms with E-state index in [0.717, 1.165) is 18.0 Å². The number of fused-ring (bicyclic) bond motifs is 1. The molecule has 1 fully saturated rings. The van der Waals surface area contributed by atoms with E-state index in [1.807, 2.05) is 0 Å². The van der Waals surface area contributed by atoms with Gasteiger partial charge in [0.15, 0.2) is 0 Å². The van der Waals surface area contributed by atoms with Gasteiger partial charge in [-0.25, -0.2) is 4.98 Å². The maximum Gasteiger partial charge on any atom is 0.137 e. The average molecular weight is 243 g/mol. The largest absolute Gasteiger partial charge is 0.307 e. The summed E-state index contributed by atoms with van der Waals surface area (Å²) in [6, 6.07) is 4.28. The van der Waals surface area contributed by atoms with Gasteiger partial charge in [0.2, 0.25) is 0 Å². The van der Waals surface area contributed by atoms with Gasteiger partial charge in [-0.2, -0.15) is 0 Å². The van der Waals surface area contributed by atoms with Crippen LogP contribution in [-0.4, -0.2) is 34.4 Å². The molecular weight excluding hydrogens is 222 g/mol. The summed E-state index contributed by atoms with van der Waals surface area (Å²) in [6.45, 7) is 4.58. The highest BCUT2D eigenvalue weighted by Gasteiger charge is 2.18. The van der Waals surface area contributed by atoms with Crippen LogP contribution in [-0.2, 0) is 6.42 Å². The standard InChI is InChI=1S/C15H21N3/c1-12-5-7-18-11-14(16-15(18)8-12)9-13-4-3-6-17(2)10-13/h5,7-8,11,13H,3-4,6,9-10H2,1-2H3. The van der Waals surface area contributed by atoms with E-state index >= 15 is 0 Å². The van der Waals surface area contributed by atoms with Crippen LogP contribution in [0.25, 0.3) is 5.65 Å². The molecule has 3 heteroatoms. The van der Waals surface area contributed by atoms with E-state index in [-0.39, 0.29) is 0 Å². The van der Waals surface area contributed by atoms with Gasteiger partial charge in [-0.15, -0.1) is 0 Å². The van der Waals surface area contributed by atoms with E-state index in [1.165, 1.54) is 37.2 Å². The molecule has 0 bridgehead atoms. The van der Waals surface area contributed by atoms with Crippen molar-refractivity contribution in [3.8, 4) is 0 Å². The van der Waals surface area contributed by atoms with Crippen LogP contribution in [0.15, 0.2) is 24.5 Å². The Hall–Kier alpha value is -1.35. The zero-order valence-corrected chi connectivity index (χ0v) is 11.3. The Morgan fingerprint density at radius 1 is 1.44 bits per heavy atom. The highest BCUT2D eigenvalue weighted by molar-refractivity contribution is 5.42. The van der Waals surface area contributed by atoms with Crippen LogP contribution >= 0.6 is 0 Å². The second-order valence-electron chi connectivity index (χ2n) is 5.68. The van der Waals surface area contributed by atoms with Crippen molar-refractivity contribution in [3.05, 3.63) is 35.8 Å². The summed E-state index contributed by atoms with van der Waals surface area (Å²) in [4.78, 5) is 7.18. The molecule has 3 rings (SSSR count). The Morgan fingerprint density at radius 2 is 2.33 bits per heavy atom. The fraction of sp³-hybridized carbons (Fsp3) is 0.533. The first-order valence-corrected chi connectivity index (χ1v) is 6.83. The predicted octanol–water partition coefficient (Wildman–Crippen LogP) is 2.53. The zero-order valence-electron chi connectivity index (χ0n) is 11.3. The summed E-state index contributed by atoms with van der Waals surface area (Å²) in [5.41, 5.74) is 3.59. The molecular formula is C15H21N3. The molecule has 96 valence electrons. The van der Waals surface area contributed by atoms with Crippen molar-refractivity contribution in [2.75, 3.05) is 20.1 Å². The van der Waals surface area contributed by atoms with Crippen molar-refractivity contribution in [1.82, 2.24) is 14.3 Å².